The standard InChI is InChI=1S/C20H23N3OS/c1-5-23(6-2)16-9-7-15(8-10-16)19(24)22-20-21-18-14(4)11-13(3)12-17(18)25-20/h7-12H,5-6H2,1-4H3,(H,21,22,24). The van der Waals surface area contributed by atoms with Crippen molar-refractivity contribution in [3.63, 3.8) is 0 Å². The number of benzene rings is 2. The van der Waals surface area contributed by atoms with Crippen molar-refractivity contribution in [3.8, 4) is 0 Å². The third kappa shape index (κ3) is 3.66. The Morgan fingerprint density at radius 1 is 1.12 bits per heavy atom. The maximum absolute atomic E-state index is 12.5. The van der Waals surface area contributed by atoms with E-state index in [4.69, 9.17) is 0 Å². The number of aryl methyl sites for hydroxylation is 2. The van der Waals surface area contributed by atoms with E-state index in [9.17, 15) is 4.79 Å². The number of aromatic nitrogens is 1. The molecule has 1 heterocycles. The van der Waals surface area contributed by atoms with Gasteiger partial charge in [-0.25, -0.2) is 4.98 Å². The number of nitrogens with zero attached hydrogens (tertiary/aromatic N) is 2. The zero-order valence-electron chi connectivity index (χ0n) is 15.1. The largest absolute Gasteiger partial charge is 0.372 e. The number of anilines is 2. The first-order valence-corrected chi connectivity index (χ1v) is 9.37. The van der Waals surface area contributed by atoms with Crippen molar-refractivity contribution in [2.24, 2.45) is 0 Å². The van der Waals surface area contributed by atoms with Gasteiger partial charge >= 0.3 is 0 Å². The summed E-state index contributed by atoms with van der Waals surface area (Å²) in [6.45, 7) is 10.3. The summed E-state index contributed by atoms with van der Waals surface area (Å²) in [4.78, 5) is 19.3. The van der Waals surface area contributed by atoms with Gasteiger partial charge in [0.2, 0.25) is 0 Å². The lowest BCUT2D eigenvalue weighted by Gasteiger charge is -2.20. The summed E-state index contributed by atoms with van der Waals surface area (Å²) in [5, 5.41) is 3.57. The molecule has 0 atom stereocenters. The van der Waals surface area contributed by atoms with Crippen molar-refractivity contribution in [1.29, 1.82) is 0 Å². The minimum atomic E-state index is -0.125. The second-order valence-electron chi connectivity index (χ2n) is 6.12. The average Bonchev–Trinajstić information content (AvgIpc) is 2.99. The van der Waals surface area contributed by atoms with Gasteiger partial charge in [0.15, 0.2) is 5.13 Å². The molecular weight excluding hydrogens is 330 g/mol. The van der Waals surface area contributed by atoms with Gasteiger partial charge in [0, 0.05) is 24.3 Å². The van der Waals surface area contributed by atoms with Crippen LogP contribution in [-0.4, -0.2) is 24.0 Å². The van der Waals surface area contributed by atoms with Crippen molar-refractivity contribution in [3.05, 3.63) is 53.1 Å². The molecule has 0 fully saturated rings. The first kappa shape index (κ1) is 17.4. The highest BCUT2D eigenvalue weighted by molar-refractivity contribution is 7.22. The monoisotopic (exact) mass is 353 g/mol. The summed E-state index contributed by atoms with van der Waals surface area (Å²) < 4.78 is 1.10. The molecule has 1 aromatic heterocycles. The third-order valence-corrected chi connectivity index (χ3v) is 5.23. The maximum Gasteiger partial charge on any atom is 0.257 e. The Labute approximate surface area is 152 Å². The summed E-state index contributed by atoms with van der Waals surface area (Å²) in [5.74, 6) is -0.125. The number of carbonyl (C=O) groups is 1. The molecule has 0 aliphatic rings. The van der Waals surface area contributed by atoms with Crippen LogP contribution < -0.4 is 10.2 Å². The summed E-state index contributed by atoms with van der Waals surface area (Å²) in [6, 6.07) is 11.9. The molecule has 130 valence electrons. The molecule has 0 aliphatic carbocycles. The van der Waals surface area contributed by atoms with E-state index in [0.717, 1.165) is 34.6 Å². The van der Waals surface area contributed by atoms with E-state index in [1.165, 1.54) is 16.9 Å². The third-order valence-electron chi connectivity index (χ3n) is 4.31. The Morgan fingerprint density at radius 2 is 1.80 bits per heavy atom. The second kappa shape index (κ2) is 7.23. The average molecular weight is 353 g/mol. The fourth-order valence-corrected chi connectivity index (χ4v) is 4.04. The number of rotatable bonds is 5. The van der Waals surface area contributed by atoms with Crippen LogP contribution >= 0.6 is 11.3 Å². The van der Waals surface area contributed by atoms with Crippen LogP contribution in [-0.2, 0) is 0 Å². The van der Waals surface area contributed by atoms with Crippen molar-refractivity contribution >= 4 is 38.3 Å². The normalized spacial score (nSPS) is 10.9. The Bertz CT molecular complexity index is 895. The fourth-order valence-electron chi connectivity index (χ4n) is 3.01. The molecule has 0 radical (unpaired) electrons. The van der Waals surface area contributed by atoms with Crippen LogP contribution in [0.3, 0.4) is 0 Å². The lowest BCUT2D eigenvalue weighted by Crippen LogP contribution is -2.21. The van der Waals surface area contributed by atoms with E-state index in [0.29, 0.717) is 10.7 Å². The Morgan fingerprint density at radius 3 is 2.44 bits per heavy atom. The Kier molecular flexibility index (Phi) is 5.04. The van der Waals surface area contributed by atoms with Crippen LogP contribution in [0, 0.1) is 13.8 Å². The van der Waals surface area contributed by atoms with Gasteiger partial charge in [-0.3, -0.25) is 10.1 Å². The minimum absolute atomic E-state index is 0.125. The summed E-state index contributed by atoms with van der Waals surface area (Å²) in [7, 11) is 0. The fraction of sp³-hybridized carbons (Fsp3) is 0.300. The molecule has 3 aromatic rings. The SMILES string of the molecule is CCN(CC)c1ccc(C(=O)Nc2nc3c(C)cc(C)cc3s2)cc1. The van der Waals surface area contributed by atoms with Crippen LogP contribution in [0.5, 0.6) is 0 Å². The Hall–Kier alpha value is -2.40. The van der Waals surface area contributed by atoms with E-state index in [1.54, 1.807) is 0 Å². The van der Waals surface area contributed by atoms with Crippen LogP contribution in [0.1, 0.15) is 35.3 Å². The van der Waals surface area contributed by atoms with E-state index >= 15 is 0 Å². The zero-order chi connectivity index (χ0) is 18.0. The van der Waals surface area contributed by atoms with Gasteiger partial charge in [-0.1, -0.05) is 17.4 Å². The molecule has 0 spiro atoms. The van der Waals surface area contributed by atoms with Gasteiger partial charge < -0.3 is 4.90 Å². The zero-order valence-corrected chi connectivity index (χ0v) is 15.9. The summed E-state index contributed by atoms with van der Waals surface area (Å²) in [5.41, 5.74) is 5.08. The molecule has 3 rings (SSSR count). The van der Waals surface area contributed by atoms with Gasteiger partial charge in [0.1, 0.15) is 0 Å². The van der Waals surface area contributed by atoms with Crippen LogP contribution in [0.2, 0.25) is 0 Å². The molecule has 0 unspecified atom stereocenters. The quantitative estimate of drug-likeness (QED) is 0.701. The highest BCUT2D eigenvalue weighted by Crippen LogP contribution is 2.29. The number of hydrogen-bond donors (Lipinski definition) is 1. The van der Waals surface area contributed by atoms with Crippen molar-refractivity contribution < 1.29 is 4.79 Å². The predicted molar refractivity (Wildman–Crippen MR) is 107 cm³/mol. The Balaban J connectivity index is 1.79. The molecule has 0 saturated carbocycles. The lowest BCUT2D eigenvalue weighted by atomic mass is 10.1. The molecule has 0 aliphatic heterocycles. The van der Waals surface area contributed by atoms with Crippen molar-refractivity contribution in [1.82, 2.24) is 4.98 Å². The summed E-state index contributed by atoms with van der Waals surface area (Å²) >= 11 is 1.51. The lowest BCUT2D eigenvalue weighted by molar-refractivity contribution is 0.102. The molecule has 25 heavy (non-hydrogen) atoms. The first-order chi connectivity index (χ1) is 12.0. The molecular formula is C20H23N3OS. The van der Waals surface area contributed by atoms with Gasteiger partial charge in [-0.05, 0) is 69.2 Å². The second-order valence-corrected chi connectivity index (χ2v) is 7.15. The van der Waals surface area contributed by atoms with Gasteiger partial charge in [-0.15, -0.1) is 0 Å². The highest BCUT2D eigenvalue weighted by atomic mass is 32.1. The van der Waals surface area contributed by atoms with E-state index in [-0.39, 0.29) is 5.91 Å². The molecule has 4 nitrogen and oxygen atoms in total. The van der Waals surface area contributed by atoms with Crippen molar-refractivity contribution in [2.75, 3.05) is 23.3 Å². The molecule has 1 amide bonds. The maximum atomic E-state index is 12.5. The van der Waals surface area contributed by atoms with Crippen LogP contribution in [0.25, 0.3) is 10.2 Å². The highest BCUT2D eigenvalue weighted by Gasteiger charge is 2.12. The number of fused-ring (bicyclic) bond motifs is 1. The molecule has 5 heteroatoms. The molecule has 1 N–H and O–H groups in total. The topological polar surface area (TPSA) is 45.2 Å². The summed E-state index contributed by atoms with van der Waals surface area (Å²) in [6.07, 6.45) is 0. The van der Waals surface area contributed by atoms with Gasteiger partial charge in [0.05, 0.1) is 10.2 Å². The number of amides is 1. The van der Waals surface area contributed by atoms with Crippen LogP contribution in [0.4, 0.5) is 10.8 Å². The van der Waals surface area contributed by atoms with Crippen LogP contribution in [0.15, 0.2) is 36.4 Å². The number of hydrogen-bond acceptors (Lipinski definition) is 4. The number of nitrogens with one attached hydrogen (secondary N) is 1. The smallest absolute Gasteiger partial charge is 0.257 e. The molecule has 0 bridgehead atoms. The molecule has 0 saturated heterocycles. The van der Waals surface area contributed by atoms with Gasteiger partial charge in [0.25, 0.3) is 5.91 Å². The first-order valence-electron chi connectivity index (χ1n) is 8.56. The number of carbonyl (C=O) groups excluding carboxylic acids is 1. The minimum Gasteiger partial charge on any atom is -0.372 e. The van der Waals surface area contributed by atoms with Gasteiger partial charge in [-0.2, -0.15) is 0 Å². The predicted octanol–water partition coefficient (Wildman–Crippen LogP) is 5.01. The molecule has 2 aromatic carbocycles. The van der Waals surface area contributed by atoms with Crippen molar-refractivity contribution in [2.45, 2.75) is 27.7 Å². The van der Waals surface area contributed by atoms with E-state index in [1.807, 2.05) is 31.2 Å². The van der Waals surface area contributed by atoms with E-state index < -0.39 is 0 Å². The van der Waals surface area contributed by atoms with E-state index in [2.05, 4.69) is 48.1 Å². The number of thiazole rings is 1.